The van der Waals surface area contributed by atoms with Crippen molar-refractivity contribution in [1.29, 1.82) is 0 Å². The number of nitrogens with zero attached hydrogens (tertiary/aromatic N) is 2. The lowest BCUT2D eigenvalue weighted by atomic mass is 10.2. The Labute approximate surface area is 215 Å². The number of hydrogen-bond acceptors (Lipinski definition) is 5. The second-order valence-corrected chi connectivity index (χ2v) is 12.5. The molecule has 0 atom stereocenters. The zero-order chi connectivity index (χ0) is 26.0. The fraction of sp³-hybridized carbons (Fsp3) is 0.174. The van der Waals surface area contributed by atoms with Crippen molar-refractivity contribution in [1.82, 2.24) is 0 Å². The van der Waals surface area contributed by atoms with E-state index in [2.05, 4.69) is 5.32 Å². The molecule has 0 unspecified atom stereocenters. The number of rotatable bonds is 8. The number of anilines is 3. The topological polar surface area (TPSA) is 104 Å². The van der Waals surface area contributed by atoms with E-state index >= 15 is 0 Å². The molecule has 0 fully saturated rings. The highest BCUT2D eigenvalue weighted by atomic mass is 35.5. The molecular weight excluding hydrogens is 533 g/mol. The Bertz CT molecular complexity index is 1460. The SMILES string of the molecule is Cc1ccc(S(=O)(=O)N(CC(=O)Nc2cccc(N(C)S(C)(=O)=O)c2)c2cc(Cl)ccc2Cl)cc1. The predicted octanol–water partition coefficient (Wildman–Crippen LogP) is 4.53. The molecular formula is C23H23Cl2N3O5S2. The van der Waals surface area contributed by atoms with Crippen molar-refractivity contribution in [3.8, 4) is 0 Å². The van der Waals surface area contributed by atoms with Crippen LogP contribution in [0.1, 0.15) is 5.56 Å². The van der Waals surface area contributed by atoms with Gasteiger partial charge in [-0.25, -0.2) is 16.8 Å². The second-order valence-electron chi connectivity index (χ2n) is 7.75. The zero-order valence-electron chi connectivity index (χ0n) is 19.1. The summed E-state index contributed by atoms with van der Waals surface area (Å²) in [6, 6.07) is 16.7. The number of carbonyl (C=O) groups is 1. The Morgan fingerprint density at radius 1 is 0.943 bits per heavy atom. The van der Waals surface area contributed by atoms with Crippen LogP contribution in [0.25, 0.3) is 0 Å². The molecule has 35 heavy (non-hydrogen) atoms. The summed E-state index contributed by atoms with van der Waals surface area (Å²) >= 11 is 12.4. The Morgan fingerprint density at radius 3 is 2.23 bits per heavy atom. The Morgan fingerprint density at radius 2 is 1.60 bits per heavy atom. The second kappa shape index (κ2) is 10.4. The standard InChI is InChI=1S/C23H23Cl2N3O5S2/c1-16-7-10-20(11-8-16)35(32,33)28(22-13-17(24)9-12-21(22)25)15-23(29)26-18-5-4-6-19(14-18)27(2)34(3,30)31/h4-14H,15H2,1-3H3,(H,26,29). The van der Waals surface area contributed by atoms with E-state index in [1.165, 1.54) is 43.4 Å². The monoisotopic (exact) mass is 555 g/mol. The van der Waals surface area contributed by atoms with Crippen LogP contribution in [0.4, 0.5) is 17.1 Å². The summed E-state index contributed by atoms with van der Waals surface area (Å²) in [6.45, 7) is 1.22. The van der Waals surface area contributed by atoms with E-state index in [0.29, 0.717) is 5.69 Å². The van der Waals surface area contributed by atoms with Gasteiger partial charge in [-0.2, -0.15) is 0 Å². The van der Waals surface area contributed by atoms with Gasteiger partial charge in [0.15, 0.2) is 0 Å². The number of amides is 1. The molecule has 8 nitrogen and oxygen atoms in total. The van der Waals surface area contributed by atoms with Crippen LogP contribution in [-0.4, -0.2) is 42.6 Å². The van der Waals surface area contributed by atoms with Gasteiger partial charge in [0.05, 0.1) is 27.5 Å². The van der Waals surface area contributed by atoms with E-state index in [-0.39, 0.29) is 26.3 Å². The largest absolute Gasteiger partial charge is 0.324 e. The van der Waals surface area contributed by atoms with Gasteiger partial charge in [-0.15, -0.1) is 0 Å². The minimum absolute atomic E-state index is 0.0243. The number of carbonyl (C=O) groups excluding carboxylic acids is 1. The third-order valence-electron chi connectivity index (χ3n) is 5.06. The summed E-state index contributed by atoms with van der Waals surface area (Å²) in [5.74, 6) is -0.670. The summed E-state index contributed by atoms with van der Waals surface area (Å²) in [5, 5.41) is 2.95. The van der Waals surface area contributed by atoms with Gasteiger partial charge < -0.3 is 5.32 Å². The lowest BCUT2D eigenvalue weighted by Gasteiger charge is -2.25. The molecule has 1 amide bonds. The van der Waals surface area contributed by atoms with Crippen molar-refractivity contribution >= 4 is 66.2 Å². The molecule has 0 spiro atoms. The molecule has 0 aromatic heterocycles. The minimum atomic E-state index is -4.20. The molecule has 0 radical (unpaired) electrons. The number of halogens is 2. The van der Waals surface area contributed by atoms with E-state index < -0.39 is 32.5 Å². The van der Waals surface area contributed by atoms with Crippen LogP contribution in [0.3, 0.4) is 0 Å². The molecule has 3 aromatic rings. The highest BCUT2D eigenvalue weighted by Crippen LogP contribution is 2.33. The van der Waals surface area contributed by atoms with Gasteiger partial charge in [0.25, 0.3) is 10.0 Å². The van der Waals surface area contributed by atoms with Gasteiger partial charge in [-0.05, 0) is 55.5 Å². The van der Waals surface area contributed by atoms with Crippen LogP contribution >= 0.6 is 23.2 Å². The molecule has 186 valence electrons. The van der Waals surface area contributed by atoms with Crippen molar-refractivity contribution in [2.75, 3.05) is 33.8 Å². The number of hydrogen-bond donors (Lipinski definition) is 1. The zero-order valence-corrected chi connectivity index (χ0v) is 22.2. The molecule has 0 aliphatic rings. The van der Waals surface area contributed by atoms with Gasteiger partial charge in [0.1, 0.15) is 6.54 Å². The molecule has 0 aliphatic heterocycles. The molecule has 3 rings (SSSR count). The van der Waals surface area contributed by atoms with Gasteiger partial charge in [-0.3, -0.25) is 13.4 Å². The first-order valence-electron chi connectivity index (χ1n) is 10.2. The third kappa shape index (κ3) is 6.46. The fourth-order valence-electron chi connectivity index (χ4n) is 3.12. The number of benzene rings is 3. The minimum Gasteiger partial charge on any atom is -0.324 e. The van der Waals surface area contributed by atoms with Crippen molar-refractivity contribution in [3.05, 3.63) is 82.3 Å². The average Bonchev–Trinajstić information content (AvgIpc) is 2.78. The Balaban J connectivity index is 1.96. The molecule has 0 heterocycles. The lowest BCUT2D eigenvalue weighted by Crippen LogP contribution is -2.38. The maximum absolute atomic E-state index is 13.5. The Kier molecular flexibility index (Phi) is 8.00. The van der Waals surface area contributed by atoms with E-state index in [1.54, 1.807) is 30.3 Å². The summed E-state index contributed by atoms with van der Waals surface area (Å²) in [4.78, 5) is 13.0. The van der Waals surface area contributed by atoms with Gasteiger partial charge in [-0.1, -0.05) is 47.0 Å². The van der Waals surface area contributed by atoms with Crippen LogP contribution in [0.2, 0.25) is 10.0 Å². The van der Waals surface area contributed by atoms with Crippen LogP contribution < -0.4 is 13.9 Å². The van der Waals surface area contributed by atoms with E-state index in [0.717, 1.165) is 20.4 Å². The summed E-state index contributed by atoms with van der Waals surface area (Å²) in [6.07, 6.45) is 1.06. The van der Waals surface area contributed by atoms with Crippen LogP contribution in [0, 0.1) is 6.92 Å². The van der Waals surface area contributed by atoms with Gasteiger partial charge in [0.2, 0.25) is 15.9 Å². The summed E-state index contributed by atoms with van der Waals surface area (Å²) in [7, 11) is -6.33. The molecule has 1 N–H and O–H groups in total. The van der Waals surface area contributed by atoms with Crippen LogP contribution in [0.15, 0.2) is 71.6 Å². The first kappa shape index (κ1) is 26.8. The molecule has 0 bridgehead atoms. The smallest absolute Gasteiger partial charge is 0.264 e. The first-order valence-corrected chi connectivity index (χ1v) is 14.2. The maximum Gasteiger partial charge on any atom is 0.264 e. The fourth-order valence-corrected chi connectivity index (χ4v) is 5.48. The average molecular weight is 556 g/mol. The molecule has 0 saturated heterocycles. The normalized spacial score (nSPS) is 11.7. The maximum atomic E-state index is 13.5. The van der Waals surface area contributed by atoms with Crippen molar-refractivity contribution in [2.45, 2.75) is 11.8 Å². The quantitative estimate of drug-likeness (QED) is 0.439. The van der Waals surface area contributed by atoms with Crippen molar-refractivity contribution in [2.24, 2.45) is 0 Å². The first-order chi connectivity index (χ1) is 16.3. The highest BCUT2D eigenvalue weighted by molar-refractivity contribution is 7.93. The van der Waals surface area contributed by atoms with Crippen LogP contribution in [-0.2, 0) is 24.8 Å². The molecule has 12 heteroatoms. The summed E-state index contributed by atoms with van der Waals surface area (Å²) < 4.78 is 52.7. The lowest BCUT2D eigenvalue weighted by molar-refractivity contribution is -0.114. The predicted molar refractivity (Wildman–Crippen MR) is 140 cm³/mol. The van der Waals surface area contributed by atoms with E-state index in [1.807, 2.05) is 6.92 Å². The van der Waals surface area contributed by atoms with E-state index in [9.17, 15) is 21.6 Å². The molecule has 0 saturated carbocycles. The molecule has 0 aliphatic carbocycles. The van der Waals surface area contributed by atoms with Crippen LogP contribution in [0.5, 0.6) is 0 Å². The third-order valence-corrected chi connectivity index (χ3v) is 8.60. The number of nitrogens with one attached hydrogen (secondary N) is 1. The van der Waals surface area contributed by atoms with E-state index in [4.69, 9.17) is 23.2 Å². The summed E-state index contributed by atoms with van der Waals surface area (Å²) in [5.41, 5.74) is 1.52. The van der Waals surface area contributed by atoms with Gasteiger partial charge in [0, 0.05) is 17.8 Å². The number of sulfonamides is 2. The van der Waals surface area contributed by atoms with Crippen molar-refractivity contribution < 1.29 is 21.6 Å². The van der Waals surface area contributed by atoms with Gasteiger partial charge >= 0.3 is 0 Å². The highest BCUT2D eigenvalue weighted by Gasteiger charge is 2.29. The molecule has 3 aromatic carbocycles. The number of aryl methyl sites for hydroxylation is 1. The van der Waals surface area contributed by atoms with Crippen molar-refractivity contribution in [3.63, 3.8) is 0 Å². The Hall–Kier alpha value is -2.79.